The molecule has 1 fully saturated rings. The molecule has 1 aliphatic heterocycles. The predicted molar refractivity (Wildman–Crippen MR) is 91.5 cm³/mol. The number of nitrogens with zero attached hydrogens (tertiary/aromatic N) is 5. The third kappa shape index (κ3) is 4.19. The van der Waals surface area contributed by atoms with E-state index in [9.17, 15) is 4.79 Å². The Bertz CT molecular complexity index is 704. The Hall–Kier alpha value is -2.24. The zero-order valence-corrected chi connectivity index (χ0v) is 14.2. The molecule has 24 heavy (non-hydrogen) atoms. The molecule has 0 spiro atoms. The maximum absolute atomic E-state index is 12.2. The topological polar surface area (TPSA) is 86.8 Å². The van der Waals surface area contributed by atoms with Crippen molar-refractivity contribution in [3.05, 3.63) is 29.7 Å². The first-order valence-corrected chi connectivity index (χ1v) is 8.98. The van der Waals surface area contributed by atoms with Gasteiger partial charge in [-0.05, 0) is 30.8 Å². The molecule has 7 nitrogen and oxygen atoms in total. The van der Waals surface area contributed by atoms with Crippen molar-refractivity contribution >= 4 is 22.2 Å². The second-order valence-corrected chi connectivity index (χ2v) is 6.79. The van der Waals surface area contributed by atoms with Crippen LogP contribution in [0.25, 0.3) is 0 Å². The summed E-state index contributed by atoms with van der Waals surface area (Å²) < 4.78 is 1.86. The second kappa shape index (κ2) is 8.04. The fourth-order valence-electron chi connectivity index (χ4n) is 3.03. The summed E-state index contributed by atoms with van der Waals surface area (Å²) in [5.41, 5.74) is 0.524. The Kier molecular flexibility index (Phi) is 5.56. The van der Waals surface area contributed by atoms with Crippen LogP contribution in [0.3, 0.4) is 0 Å². The van der Waals surface area contributed by atoms with Crippen molar-refractivity contribution in [3.63, 3.8) is 0 Å². The highest BCUT2D eigenvalue weighted by Gasteiger charge is 2.23. The van der Waals surface area contributed by atoms with Crippen molar-refractivity contribution in [1.29, 1.82) is 5.26 Å². The van der Waals surface area contributed by atoms with E-state index in [0.717, 1.165) is 26.1 Å². The molecule has 8 heteroatoms. The Morgan fingerprint density at radius 1 is 1.50 bits per heavy atom. The molecule has 3 heterocycles. The number of aromatic nitrogens is 3. The molecule has 1 saturated heterocycles. The van der Waals surface area contributed by atoms with Crippen molar-refractivity contribution in [3.8, 4) is 6.07 Å². The molecule has 0 bridgehead atoms. The van der Waals surface area contributed by atoms with Gasteiger partial charge in [0, 0.05) is 19.0 Å². The number of hydrogen-bond donors (Lipinski definition) is 1. The normalized spacial score (nSPS) is 18.2. The highest BCUT2D eigenvalue weighted by atomic mass is 32.1. The van der Waals surface area contributed by atoms with Gasteiger partial charge in [0.05, 0.1) is 12.1 Å². The summed E-state index contributed by atoms with van der Waals surface area (Å²) in [7, 11) is 0. The van der Waals surface area contributed by atoms with Crippen LogP contribution in [-0.4, -0.2) is 44.7 Å². The van der Waals surface area contributed by atoms with Crippen molar-refractivity contribution in [2.75, 3.05) is 18.4 Å². The summed E-state index contributed by atoms with van der Waals surface area (Å²) in [6.07, 6.45) is 7.21. The van der Waals surface area contributed by atoms with Crippen molar-refractivity contribution in [1.82, 2.24) is 19.7 Å². The molecule has 0 aromatic carbocycles. The van der Waals surface area contributed by atoms with Crippen LogP contribution in [0.15, 0.2) is 24.1 Å². The summed E-state index contributed by atoms with van der Waals surface area (Å²) in [5, 5.41) is 18.5. The zero-order chi connectivity index (χ0) is 16.8. The number of likely N-dealkylation sites (tertiary alicyclic amines) is 1. The zero-order valence-electron chi connectivity index (χ0n) is 13.4. The Morgan fingerprint density at radius 2 is 2.42 bits per heavy atom. The molecule has 2 aromatic heterocycles. The quantitative estimate of drug-likeness (QED) is 0.867. The Labute approximate surface area is 144 Å². The van der Waals surface area contributed by atoms with Crippen molar-refractivity contribution < 1.29 is 4.79 Å². The SMILES string of the molecule is N#Cc1ccsc1NC(=O)CCN1CCCC[C@@H]1Cn1cncn1. The molecule has 1 amide bonds. The average molecular weight is 344 g/mol. The van der Waals surface area contributed by atoms with Gasteiger partial charge in [-0.15, -0.1) is 11.3 Å². The minimum absolute atomic E-state index is 0.0426. The number of hydrogen-bond acceptors (Lipinski definition) is 6. The predicted octanol–water partition coefficient (Wildman–Crippen LogP) is 2.09. The lowest BCUT2D eigenvalue weighted by Crippen LogP contribution is -2.43. The van der Waals surface area contributed by atoms with E-state index in [-0.39, 0.29) is 5.91 Å². The fraction of sp³-hybridized carbons (Fsp3) is 0.500. The van der Waals surface area contributed by atoms with Crippen LogP contribution in [-0.2, 0) is 11.3 Å². The van der Waals surface area contributed by atoms with Crippen LogP contribution in [0, 0.1) is 11.3 Å². The number of nitrogens with one attached hydrogen (secondary N) is 1. The van der Waals surface area contributed by atoms with E-state index in [0.29, 0.717) is 23.0 Å². The molecule has 3 rings (SSSR count). The smallest absolute Gasteiger partial charge is 0.226 e. The van der Waals surface area contributed by atoms with Gasteiger partial charge in [-0.1, -0.05) is 6.42 Å². The maximum atomic E-state index is 12.2. The molecule has 0 unspecified atom stereocenters. The first-order valence-electron chi connectivity index (χ1n) is 8.10. The average Bonchev–Trinajstić information content (AvgIpc) is 3.25. The third-order valence-electron chi connectivity index (χ3n) is 4.28. The highest BCUT2D eigenvalue weighted by molar-refractivity contribution is 7.14. The van der Waals surface area contributed by atoms with Crippen LogP contribution in [0.1, 0.15) is 31.2 Å². The van der Waals surface area contributed by atoms with Gasteiger partial charge in [0.2, 0.25) is 5.91 Å². The summed E-state index contributed by atoms with van der Waals surface area (Å²) in [6, 6.07) is 4.20. The largest absolute Gasteiger partial charge is 0.317 e. The number of carbonyl (C=O) groups excluding carboxylic acids is 1. The number of nitriles is 1. The van der Waals surface area contributed by atoms with Crippen LogP contribution in [0.5, 0.6) is 0 Å². The number of piperidine rings is 1. The maximum Gasteiger partial charge on any atom is 0.226 e. The lowest BCUT2D eigenvalue weighted by molar-refractivity contribution is -0.116. The van der Waals surface area contributed by atoms with Crippen LogP contribution in [0.4, 0.5) is 5.00 Å². The first-order chi connectivity index (χ1) is 11.8. The molecule has 0 saturated carbocycles. The van der Waals surface area contributed by atoms with Crippen molar-refractivity contribution in [2.45, 2.75) is 38.3 Å². The molecule has 0 radical (unpaired) electrons. The van der Waals surface area contributed by atoms with E-state index < -0.39 is 0 Å². The molecule has 1 N–H and O–H groups in total. The van der Waals surface area contributed by atoms with Gasteiger partial charge in [0.25, 0.3) is 0 Å². The molecule has 0 aliphatic carbocycles. The minimum Gasteiger partial charge on any atom is -0.317 e. The summed E-state index contributed by atoms with van der Waals surface area (Å²) in [4.78, 5) is 18.5. The summed E-state index contributed by atoms with van der Waals surface area (Å²) >= 11 is 1.38. The van der Waals surface area contributed by atoms with Gasteiger partial charge in [0.1, 0.15) is 23.7 Å². The Balaban J connectivity index is 1.52. The van der Waals surface area contributed by atoms with Gasteiger partial charge in [-0.2, -0.15) is 10.4 Å². The third-order valence-corrected chi connectivity index (χ3v) is 5.11. The molecule has 1 atom stereocenters. The monoisotopic (exact) mass is 344 g/mol. The standard InChI is InChI=1S/C16H20N6OS/c17-9-13-5-8-24-16(13)20-15(23)4-7-21-6-2-1-3-14(21)10-22-12-18-11-19-22/h5,8,11-12,14H,1-4,6-7,10H2,(H,20,23)/t14-/m1/s1. The molecular formula is C16H20N6OS. The summed E-state index contributed by atoms with van der Waals surface area (Å²) in [5.74, 6) is -0.0426. The van der Waals surface area contributed by atoms with E-state index in [4.69, 9.17) is 5.26 Å². The molecule has 1 aliphatic rings. The lowest BCUT2D eigenvalue weighted by atomic mass is 10.0. The lowest BCUT2D eigenvalue weighted by Gasteiger charge is -2.35. The fourth-order valence-corrected chi connectivity index (χ4v) is 3.79. The van der Waals surface area contributed by atoms with Gasteiger partial charge >= 0.3 is 0 Å². The number of thiophene rings is 1. The van der Waals surface area contributed by atoms with Gasteiger partial charge < -0.3 is 5.32 Å². The van der Waals surface area contributed by atoms with Crippen LogP contribution in [0.2, 0.25) is 0 Å². The minimum atomic E-state index is -0.0426. The molecular weight excluding hydrogens is 324 g/mol. The highest BCUT2D eigenvalue weighted by Crippen LogP contribution is 2.23. The van der Waals surface area contributed by atoms with E-state index in [2.05, 4.69) is 26.4 Å². The van der Waals surface area contributed by atoms with Crippen molar-refractivity contribution in [2.24, 2.45) is 0 Å². The van der Waals surface area contributed by atoms with Crippen LogP contribution >= 0.6 is 11.3 Å². The van der Waals surface area contributed by atoms with Gasteiger partial charge in [-0.3, -0.25) is 14.4 Å². The molecule has 126 valence electrons. The van der Waals surface area contributed by atoms with Crippen LogP contribution < -0.4 is 5.32 Å². The van der Waals surface area contributed by atoms with E-state index in [1.165, 1.54) is 24.2 Å². The number of carbonyl (C=O) groups is 1. The number of amides is 1. The molecule has 2 aromatic rings. The number of anilines is 1. The first kappa shape index (κ1) is 16.6. The van der Waals surface area contributed by atoms with E-state index in [1.807, 2.05) is 10.1 Å². The Morgan fingerprint density at radius 3 is 3.21 bits per heavy atom. The number of rotatable bonds is 6. The second-order valence-electron chi connectivity index (χ2n) is 5.88. The van der Waals surface area contributed by atoms with Gasteiger partial charge in [-0.25, -0.2) is 4.98 Å². The summed E-state index contributed by atoms with van der Waals surface area (Å²) in [6.45, 7) is 2.54. The van der Waals surface area contributed by atoms with E-state index in [1.54, 1.807) is 18.7 Å². The van der Waals surface area contributed by atoms with Gasteiger partial charge in [0.15, 0.2) is 0 Å². The van der Waals surface area contributed by atoms with E-state index >= 15 is 0 Å².